The van der Waals surface area contributed by atoms with Gasteiger partial charge in [-0.3, -0.25) is 4.79 Å². The summed E-state index contributed by atoms with van der Waals surface area (Å²) in [4.78, 5) is 13.6. The van der Waals surface area contributed by atoms with Gasteiger partial charge in [-0.05, 0) is 38.7 Å². The first kappa shape index (κ1) is 23.3. The fourth-order valence-corrected chi connectivity index (χ4v) is 1.61. The Labute approximate surface area is 145 Å². The number of ether oxygens (including phenoxy) is 1. The van der Waals surface area contributed by atoms with Gasteiger partial charge in [0.15, 0.2) is 0 Å². The molecule has 1 aromatic rings. The molecule has 1 unspecified atom stereocenters. The number of benzene rings is 1. The van der Waals surface area contributed by atoms with Crippen LogP contribution in [0.5, 0.6) is 5.75 Å². The lowest BCUT2D eigenvalue weighted by Gasteiger charge is -2.11. The van der Waals surface area contributed by atoms with Gasteiger partial charge < -0.3 is 20.7 Å². The first-order valence-electron chi connectivity index (χ1n) is 6.86. The van der Waals surface area contributed by atoms with E-state index in [0.717, 1.165) is 17.9 Å². The van der Waals surface area contributed by atoms with Gasteiger partial charge in [0, 0.05) is 25.6 Å². The van der Waals surface area contributed by atoms with Crippen molar-refractivity contribution in [2.45, 2.75) is 25.9 Å². The van der Waals surface area contributed by atoms with E-state index in [2.05, 4.69) is 10.2 Å². The molecule has 7 heteroatoms. The Morgan fingerprint density at radius 2 is 1.86 bits per heavy atom. The Kier molecular flexibility index (Phi) is 13.2. The number of carbonyl (C=O) groups excluding carboxylic acids is 1. The molecule has 0 heterocycles. The Bertz CT molecular complexity index is 412. The molecule has 1 amide bonds. The van der Waals surface area contributed by atoms with Crippen LogP contribution in [0.2, 0.25) is 0 Å². The molecule has 1 aromatic carbocycles. The molecule has 1 rings (SSSR count). The van der Waals surface area contributed by atoms with E-state index in [1.165, 1.54) is 0 Å². The standard InChI is InChI=1S/C15H25N3O2.2ClH/c1-12(16)10-15(19)17-11-13-4-6-14(7-5-13)20-9-8-18(2)3;;/h4-7,12H,8-11,16H2,1-3H3,(H,17,19);2*1H. The fraction of sp³-hybridized carbons (Fsp3) is 0.533. The Hall–Kier alpha value is -1.01. The fourth-order valence-electron chi connectivity index (χ4n) is 1.61. The van der Waals surface area contributed by atoms with Crippen LogP contribution in [-0.2, 0) is 11.3 Å². The van der Waals surface area contributed by atoms with Crippen molar-refractivity contribution in [3.05, 3.63) is 29.8 Å². The molecule has 3 N–H and O–H groups in total. The molecule has 0 radical (unpaired) electrons. The number of halogens is 2. The Morgan fingerprint density at radius 3 is 2.36 bits per heavy atom. The number of nitrogens with two attached hydrogens (primary N) is 1. The molecule has 0 spiro atoms. The first-order valence-corrected chi connectivity index (χ1v) is 6.86. The van der Waals surface area contributed by atoms with Crippen LogP contribution in [0.1, 0.15) is 18.9 Å². The van der Waals surface area contributed by atoms with Crippen LogP contribution < -0.4 is 15.8 Å². The summed E-state index contributed by atoms with van der Waals surface area (Å²) in [5, 5.41) is 2.84. The van der Waals surface area contributed by atoms with Crippen LogP contribution in [0.25, 0.3) is 0 Å². The van der Waals surface area contributed by atoms with Crippen LogP contribution in [0, 0.1) is 0 Å². The van der Waals surface area contributed by atoms with Gasteiger partial charge in [-0.15, -0.1) is 24.8 Å². The maximum absolute atomic E-state index is 11.5. The summed E-state index contributed by atoms with van der Waals surface area (Å²) in [6.07, 6.45) is 0.353. The minimum Gasteiger partial charge on any atom is -0.492 e. The molecule has 0 saturated heterocycles. The van der Waals surface area contributed by atoms with Gasteiger partial charge in [-0.2, -0.15) is 0 Å². The molecule has 0 aliphatic carbocycles. The molecule has 0 bridgehead atoms. The maximum atomic E-state index is 11.5. The zero-order valence-electron chi connectivity index (χ0n) is 13.4. The maximum Gasteiger partial charge on any atom is 0.221 e. The quantitative estimate of drug-likeness (QED) is 0.749. The number of nitrogens with one attached hydrogen (secondary N) is 1. The van der Waals surface area contributed by atoms with Crippen LogP contribution in [-0.4, -0.2) is 44.1 Å². The average molecular weight is 352 g/mol. The molecule has 0 saturated carbocycles. The lowest BCUT2D eigenvalue weighted by Crippen LogP contribution is -2.29. The van der Waals surface area contributed by atoms with Gasteiger partial charge in [0.05, 0.1) is 0 Å². The van der Waals surface area contributed by atoms with Crippen molar-refractivity contribution in [3.63, 3.8) is 0 Å². The topological polar surface area (TPSA) is 67.6 Å². The molecule has 5 nitrogen and oxygen atoms in total. The highest BCUT2D eigenvalue weighted by atomic mass is 35.5. The van der Waals surface area contributed by atoms with Crippen molar-refractivity contribution >= 4 is 30.7 Å². The molecule has 22 heavy (non-hydrogen) atoms. The lowest BCUT2D eigenvalue weighted by atomic mass is 10.2. The predicted molar refractivity (Wildman–Crippen MR) is 95.1 cm³/mol. The molecule has 1 atom stereocenters. The summed E-state index contributed by atoms with van der Waals surface area (Å²) in [5.41, 5.74) is 6.61. The van der Waals surface area contributed by atoms with Gasteiger partial charge in [0.2, 0.25) is 5.91 Å². The number of amides is 1. The van der Waals surface area contributed by atoms with E-state index in [9.17, 15) is 4.79 Å². The van der Waals surface area contributed by atoms with Crippen LogP contribution in [0.15, 0.2) is 24.3 Å². The summed E-state index contributed by atoms with van der Waals surface area (Å²) < 4.78 is 5.60. The third kappa shape index (κ3) is 10.7. The Morgan fingerprint density at radius 1 is 1.27 bits per heavy atom. The highest BCUT2D eigenvalue weighted by Gasteiger charge is 2.04. The third-order valence-corrected chi connectivity index (χ3v) is 2.73. The van der Waals surface area contributed by atoms with Crippen molar-refractivity contribution in [1.82, 2.24) is 10.2 Å². The third-order valence-electron chi connectivity index (χ3n) is 2.73. The van der Waals surface area contributed by atoms with Crippen LogP contribution in [0.4, 0.5) is 0 Å². The summed E-state index contributed by atoms with van der Waals surface area (Å²) in [6, 6.07) is 7.64. The second-order valence-corrected chi connectivity index (χ2v) is 5.25. The highest BCUT2D eigenvalue weighted by molar-refractivity contribution is 5.85. The van der Waals surface area contributed by atoms with Gasteiger partial charge >= 0.3 is 0 Å². The van der Waals surface area contributed by atoms with E-state index in [4.69, 9.17) is 10.5 Å². The largest absolute Gasteiger partial charge is 0.492 e. The predicted octanol–water partition coefficient (Wildman–Crippen LogP) is 1.82. The van der Waals surface area contributed by atoms with Crippen molar-refractivity contribution in [3.8, 4) is 5.75 Å². The first-order chi connectivity index (χ1) is 9.47. The van der Waals surface area contributed by atoms with E-state index in [-0.39, 0.29) is 36.8 Å². The number of nitrogens with zero attached hydrogens (tertiary/aromatic N) is 1. The molecular weight excluding hydrogens is 325 g/mol. The SMILES string of the molecule is CC(N)CC(=O)NCc1ccc(OCCN(C)C)cc1.Cl.Cl. The second kappa shape index (κ2) is 12.5. The number of likely N-dealkylation sites (N-methyl/N-ethyl adjacent to an activating group) is 1. The molecule has 128 valence electrons. The molecule has 0 aliphatic heterocycles. The van der Waals surface area contributed by atoms with E-state index >= 15 is 0 Å². The normalized spacial score (nSPS) is 11.1. The Balaban J connectivity index is 0. The number of carbonyl (C=O) groups is 1. The molecule has 0 aliphatic rings. The molecule has 0 fully saturated rings. The molecular formula is C15H27Cl2N3O2. The van der Waals surface area contributed by atoms with E-state index < -0.39 is 0 Å². The zero-order chi connectivity index (χ0) is 15.0. The van der Waals surface area contributed by atoms with E-state index in [1.54, 1.807) is 0 Å². The zero-order valence-corrected chi connectivity index (χ0v) is 15.0. The molecule has 0 aromatic heterocycles. The van der Waals surface area contributed by atoms with Gasteiger partial charge in [0.1, 0.15) is 12.4 Å². The van der Waals surface area contributed by atoms with E-state index in [0.29, 0.717) is 19.6 Å². The summed E-state index contributed by atoms with van der Waals surface area (Å²) in [5.74, 6) is 0.823. The van der Waals surface area contributed by atoms with E-state index in [1.807, 2.05) is 45.3 Å². The number of hydrogen-bond acceptors (Lipinski definition) is 4. The van der Waals surface area contributed by atoms with Crippen LogP contribution >= 0.6 is 24.8 Å². The minimum atomic E-state index is -0.109. The lowest BCUT2D eigenvalue weighted by molar-refractivity contribution is -0.121. The summed E-state index contributed by atoms with van der Waals surface area (Å²) >= 11 is 0. The highest BCUT2D eigenvalue weighted by Crippen LogP contribution is 2.12. The summed E-state index contributed by atoms with van der Waals surface area (Å²) in [6.45, 7) is 3.88. The summed E-state index contributed by atoms with van der Waals surface area (Å²) in [7, 11) is 4.02. The number of hydrogen-bond donors (Lipinski definition) is 2. The monoisotopic (exact) mass is 351 g/mol. The minimum absolute atomic E-state index is 0. The smallest absolute Gasteiger partial charge is 0.221 e. The number of rotatable bonds is 8. The van der Waals surface area contributed by atoms with Crippen molar-refractivity contribution in [2.75, 3.05) is 27.2 Å². The van der Waals surface area contributed by atoms with Gasteiger partial charge in [0.25, 0.3) is 0 Å². The van der Waals surface area contributed by atoms with Crippen molar-refractivity contribution in [2.24, 2.45) is 5.73 Å². The van der Waals surface area contributed by atoms with Crippen LogP contribution in [0.3, 0.4) is 0 Å². The average Bonchev–Trinajstić information content (AvgIpc) is 2.36. The van der Waals surface area contributed by atoms with Crippen molar-refractivity contribution in [1.29, 1.82) is 0 Å². The second-order valence-electron chi connectivity index (χ2n) is 5.25. The van der Waals surface area contributed by atoms with Gasteiger partial charge in [-0.1, -0.05) is 12.1 Å². The van der Waals surface area contributed by atoms with Gasteiger partial charge in [-0.25, -0.2) is 0 Å². The van der Waals surface area contributed by atoms with Crippen molar-refractivity contribution < 1.29 is 9.53 Å².